The summed E-state index contributed by atoms with van der Waals surface area (Å²) in [5, 5.41) is 0. The van der Waals surface area contributed by atoms with Crippen LogP contribution >= 0.6 is 0 Å². The first-order valence-corrected chi connectivity index (χ1v) is 4.75. The number of nitrogen functional groups attached to an aromatic ring is 2. The van der Waals surface area contributed by atoms with Crippen LogP contribution in [0, 0.1) is 0 Å². The van der Waals surface area contributed by atoms with Crippen LogP contribution in [0.4, 0.5) is 17.2 Å². The molecular formula is C11H12N4O. The summed E-state index contributed by atoms with van der Waals surface area (Å²) in [6.07, 6.45) is 1.60. The average molecular weight is 216 g/mol. The van der Waals surface area contributed by atoms with Gasteiger partial charge in [0.25, 0.3) is 0 Å². The number of benzene rings is 1. The molecule has 0 saturated heterocycles. The van der Waals surface area contributed by atoms with Crippen LogP contribution in [0.3, 0.4) is 0 Å². The Morgan fingerprint density at radius 1 is 1.06 bits per heavy atom. The minimum Gasteiger partial charge on any atom is -0.397 e. The van der Waals surface area contributed by atoms with E-state index in [4.69, 9.17) is 16.3 Å². The van der Waals surface area contributed by atoms with Gasteiger partial charge in [0.15, 0.2) is 11.6 Å². The summed E-state index contributed by atoms with van der Waals surface area (Å²) < 4.78 is 0. The fourth-order valence-electron chi connectivity index (χ4n) is 1.19. The number of rotatable bonds is 3. The molecule has 2 rings (SSSR count). The predicted molar refractivity (Wildman–Crippen MR) is 63.8 cm³/mol. The second kappa shape index (κ2) is 4.39. The molecule has 0 aliphatic rings. The third-order valence-corrected chi connectivity index (χ3v) is 2.03. The van der Waals surface area contributed by atoms with Gasteiger partial charge in [-0.3, -0.25) is 0 Å². The number of nitrogens with zero attached hydrogens (tertiary/aromatic N) is 1. The molecule has 0 fully saturated rings. The van der Waals surface area contributed by atoms with Crippen molar-refractivity contribution in [3.63, 3.8) is 0 Å². The Balaban J connectivity index is 2.09. The van der Waals surface area contributed by atoms with E-state index in [1.807, 2.05) is 18.2 Å². The maximum absolute atomic E-state index is 5.73. The largest absolute Gasteiger partial charge is 0.397 e. The van der Waals surface area contributed by atoms with Crippen LogP contribution in [0.25, 0.3) is 0 Å². The Bertz CT molecular complexity index is 441. The fourth-order valence-corrected chi connectivity index (χ4v) is 1.19. The van der Waals surface area contributed by atoms with Gasteiger partial charge in [-0.05, 0) is 24.3 Å². The summed E-state index contributed by atoms with van der Waals surface area (Å²) in [6, 6.07) is 10.7. The smallest absolute Gasteiger partial charge is 0.196 e. The zero-order valence-electron chi connectivity index (χ0n) is 8.55. The van der Waals surface area contributed by atoms with Crippen molar-refractivity contribution in [2.45, 2.75) is 0 Å². The van der Waals surface area contributed by atoms with E-state index < -0.39 is 0 Å². The Kier molecular flexibility index (Phi) is 2.77. The van der Waals surface area contributed by atoms with E-state index in [2.05, 4.69) is 10.5 Å². The van der Waals surface area contributed by atoms with Crippen molar-refractivity contribution in [3.05, 3.63) is 42.6 Å². The molecule has 0 spiro atoms. The first kappa shape index (κ1) is 10.1. The number of anilines is 3. The molecule has 16 heavy (non-hydrogen) atoms. The molecule has 0 atom stereocenters. The van der Waals surface area contributed by atoms with Gasteiger partial charge in [0.05, 0.1) is 11.4 Å². The molecule has 82 valence electrons. The molecule has 0 unspecified atom stereocenters. The van der Waals surface area contributed by atoms with Gasteiger partial charge in [0, 0.05) is 6.20 Å². The molecule has 0 saturated carbocycles. The first-order chi connectivity index (χ1) is 7.77. The van der Waals surface area contributed by atoms with Gasteiger partial charge in [0.2, 0.25) is 0 Å². The molecule has 5 N–H and O–H groups in total. The van der Waals surface area contributed by atoms with E-state index in [1.165, 1.54) is 0 Å². The summed E-state index contributed by atoms with van der Waals surface area (Å²) in [7, 11) is 0. The molecule has 0 bridgehead atoms. The molecule has 1 aromatic carbocycles. The standard InChI is InChI=1S/C11H12N4O/c12-8-4-1-2-5-9(8)15-16-10-6-3-7-14-11(10)13/h1-7,15H,12H2,(H2,13,14). The van der Waals surface area contributed by atoms with E-state index in [0.29, 0.717) is 22.9 Å². The topological polar surface area (TPSA) is 86.2 Å². The maximum Gasteiger partial charge on any atom is 0.196 e. The third-order valence-electron chi connectivity index (χ3n) is 2.03. The molecule has 0 aliphatic carbocycles. The van der Waals surface area contributed by atoms with Gasteiger partial charge >= 0.3 is 0 Å². The van der Waals surface area contributed by atoms with Gasteiger partial charge in [-0.15, -0.1) is 0 Å². The summed E-state index contributed by atoms with van der Waals surface area (Å²) in [4.78, 5) is 9.18. The van der Waals surface area contributed by atoms with Crippen molar-refractivity contribution in [3.8, 4) is 5.75 Å². The van der Waals surface area contributed by atoms with Crippen LogP contribution in [0.15, 0.2) is 42.6 Å². The van der Waals surface area contributed by atoms with Crippen molar-refractivity contribution in [1.29, 1.82) is 0 Å². The third kappa shape index (κ3) is 2.14. The van der Waals surface area contributed by atoms with Crippen LogP contribution in [0.1, 0.15) is 0 Å². The predicted octanol–water partition coefficient (Wildman–Crippen LogP) is 1.65. The monoisotopic (exact) mass is 216 g/mol. The van der Waals surface area contributed by atoms with Gasteiger partial charge in [0.1, 0.15) is 0 Å². The molecule has 5 nitrogen and oxygen atoms in total. The van der Waals surface area contributed by atoms with Crippen LogP contribution in [-0.2, 0) is 0 Å². The second-order valence-corrected chi connectivity index (χ2v) is 3.18. The molecule has 0 aliphatic heterocycles. The zero-order chi connectivity index (χ0) is 11.4. The highest BCUT2D eigenvalue weighted by atomic mass is 16.6. The number of nitrogens with two attached hydrogens (primary N) is 2. The van der Waals surface area contributed by atoms with Crippen molar-refractivity contribution in [2.75, 3.05) is 16.9 Å². The number of para-hydroxylation sites is 2. The average Bonchev–Trinajstić information content (AvgIpc) is 2.30. The molecule has 0 radical (unpaired) electrons. The molecule has 5 heteroatoms. The van der Waals surface area contributed by atoms with Gasteiger partial charge in [-0.2, -0.15) is 0 Å². The van der Waals surface area contributed by atoms with Gasteiger partial charge in [-0.1, -0.05) is 12.1 Å². The lowest BCUT2D eigenvalue weighted by atomic mass is 10.3. The molecule has 1 heterocycles. The van der Waals surface area contributed by atoms with E-state index in [9.17, 15) is 0 Å². The van der Waals surface area contributed by atoms with Crippen LogP contribution < -0.4 is 21.8 Å². The quantitative estimate of drug-likeness (QED) is 0.536. The summed E-state index contributed by atoms with van der Waals surface area (Å²) >= 11 is 0. The molecule has 2 aromatic rings. The number of hydrogen-bond acceptors (Lipinski definition) is 5. The van der Waals surface area contributed by atoms with E-state index >= 15 is 0 Å². The second-order valence-electron chi connectivity index (χ2n) is 3.18. The SMILES string of the molecule is Nc1ccccc1NOc1cccnc1N. The highest BCUT2D eigenvalue weighted by molar-refractivity contribution is 5.65. The van der Waals surface area contributed by atoms with Gasteiger partial charge < -0.3 is 16.3 Å². The number of nitrogens with one attached hydrogen (secondary N) is 1. The highest BCUT2D eigenvalue weighted by Gasteiger charge is 2.01. The summed E-state index contributed by atoms with van der Waals surface area (Å²) in [5.41, 5.74) is 15.4. The van der Waals surface area contributed by atoms with Crippen molar-refractivity contribution < 1.29 is 4.84 Å². The number of hydrogen-bond donors (Lipinski definition) is 3. The Morgan fingerprint density at radius 2 is 1.88 bits per heavy atom. The Labute approximate surface area is 93.0 Å². The maximum atomic E-state index is 5.73. The summed E-state index contributed by atoms with van der Waals surface area (Å²) in [5.74, 6) is 0.787. The Morgan fingerprint density at radius 3 is 2.62 bits per heavy atom. The lowest BCUT2D eigenvalue weighted by Crippen LogP contribution is -2.08. The fraction of sp³-hybridized carbons (Fsp3) is 0. The lowest BCUT2D eigenvalue weighted by Gasteiger charge is -2.10. The summed E-state index contributed by atoms with van der Waals surface area (Å²) in [6.45, 7) is 0. The highest BCUT2D eigenvalue weighted by Crippen LogP contribution is 2.21. The normalized spacial score (nSPS) is 9.75. The number of aromatic nitrogens is 1. The minimum atomic E-state index is 0.324. The van der Waals surface area contributed by atoms with Crippen molar-refractivity contribution in [1.82, 2.24) is 4.98 Å². The van der Waals surface area contributed by atoms with E-state index in [0.717, 1.165) is 0 Å². The van der Waals surface area contributed by atoms with E-state index in [1.54, 1.807) is 24.4 Å². The van der Waals surface area contributed by atoms with Crippen LogP contribution in [-0.4, -0.2) is 4.98 Å². The zero-order valence-corrected chi connectivity index (χ0v) is 8.55. The molecule has 1 aromatic heterocycles. The molecular weight excluding hydrogens is 204 g/mol. The Hall–Kier alpha value is -2.43. The van der Waals surface area contributed by atoms with Crippen molar-refractivity contribution in [2.24, 2.45) is 0 Å². The number of pyridine rings is 1. The minimum absolute atomic E-state index is 0.324. The molecule has 0 amide bonds. The lowest BCUT2D eigenvalue weighted by molar-refractivity contribution is 0.406. The van der Waals surface area contributed by atoms with Crippen LogP contribution in [0.5, 0.6) is 5.75 Å². The van der Waals surface area contributed by atoms with Gasteiger partial charge in [-0.25, -0.2) is 10.5 Å². The van der Waals surface area contributed by atoms with Crippen molar-refractivity contribution >= 4 is 17.2 Å². The van der Waals surface area contributed by atoms with Crippen LogP contribution in [0.2, 0.25) is 0 Å². The van der Waals surface area contributed by atoms with E-state index in [-0.39, 0.29) is 0 Å². The first-order valence-electron chi connectivity index (χ1n) is 4.75.